The van der Waals surface area contributed by atoms with Gasteiger partial charge in [-0.05, 0) is 32.1 Å². The maximum atomic E-state index is 11.6. The second-order valence-electron chi connectivity index (χ2n) is 4.20. The van der Waals surface area contributed by atoms with E-state index in [0.717, 1.165) is 44.8 Å². The van der Waals surface area contributed by atoms with Gasteiger partial charge in [0.15, 0.2) is 0 Å². The summed E-state index contributed by atoms with van der Waals surface area (Å²) in [5, 5.41) is 0. The van der Waals surface area contributed by atoms with Gasteiger partial charge in [-0.2, -0.15) is 0 Å². The summed E-state index contributed by atoms with van der Waals surface area (Å²) in [6.45, 7) is 5.74. The monoisotopic (exact) mass is 198 g/mol. The molecule has 0 radical (unpaired) electrons. The smallest absolute Gasteiger partial charge is 0.136 e. The molecule has 2 heteroatoms. The SMILES string of the molecule is CCOCCC1CC(CC)CCC1=O. The summed E-state index contributed by atoms with van der Waals surface area (Å²) in [6.07, 6.45) is 5.17. The van der Waals surface area contributed by atoms with E-state index < -0.39 is 0 Å². The first kappa shape index (κ1) is 11.7. The van der Waals surface area contributed by atoms with E-state index in [0.29, 0.717) is 11.7 Å². The third kappa shape index (κ3) is 3.41. The molecule has 1 fully saturated rings. The van der Waals surface area contributed by atoms with Crippen molar-refractivity contribution in [2.45, 2.75) is 46.0 Å². The van der Waals surface area contributed by atoms with Crippen LogP contribution in [0.15, 0.2) is 0 Å². The molecule has 2 nitrogen and oxygen atoms in total. The predicted molar refractivity (Wildman–Crippen MR) is 57.2 cm³/mol. The van der Waals surface area contributed by atoms with E-state index in [4.69, 9.17) is 4.74 Å². The summed E-state index contributed by atoms with van der Waals surface area (Å²) < 4.78 is 5.30. The highest BCUT2D eigenvalue weighted by Gasteiger charge is 2.27. The van der Waals surface area contributed by atoms with Crippen LogP contribution >= 0.6 is 0 Å². The number of rotatable bonds is 5. The molecule has 0 spiro atoms. The molecule has 0 N–H and O–H groups in total. The summed E-state index contributed by atoms with van der Waals surface area (Å²) in [5.41, 5.74) is 0. The third-order valence-corrected chi connectivity index (χ3v) is 3.26. The highest BCUT2D eigenvalue weighted by Crippen LogP contribution is 2.30. The van der Waals surface area contributed by atoms with Gasteiger partial charge in [0.05, 0.1) is 0 Å². The van der Waals surface area contributed by atoms with Gasteiger partial charge < -0.3 is 4.74 Å². The van der Waals surface area contributed by atoms with Gasteiger partial charge in [0.25, 0.3) is 0 Å². The fraction of sp³-hybridized carbons (Fsp3) is 0.917. The van der Waals surface area contributed by atoms with Crippen LogP contribution in [-0.4, -0.2) is 19.0 Å². The van der Waals surface area contributed by atoms with Gasteiger partial charge in [-0.3, -0.25) is 4.79 Å². The van der Waals surface area contributed by atoms with E-state index in [9.17, 15) is 4.79 Å². The van der Waals surface area contributed by atoms with Gasteiger partial charge >= 0.3 is 0 Å². The van der Waals surface area contributed by atoms with Gasteiger partial charge in [-0.1, -0.05) is 13.3 Å². The molecule has 0 aromatic heterocycles. The Labute approximate surface area is 87.0 Å². The van der Waals surface area contributed by atoms with E-state index in [-0.39, 0.29) is 0 Å². The highest BCUT2D eigenvalue weighted by atomic mass is 16.5. The molecule has 0 aliphatic heterocycles. The average molecular weight is 198 g/mol. The van der Waals surface area contributed by atoms with Gasteiger partial charge in [-0.15, -0.1) is 0 Å². The topological polar surface area (TPSA) is 26.3 Å². The van der Waals surface area contributed by atoms with Crippen LogP contribution in [0.4, 0.5) is 0 Å². The summed E-state index contributed by atoms with van der Waals surface area (Å²) >= 11 is 0. The Kier molecular flexibility index (Phi) is 5.16. The maximum Gasteiger partial charge on any atom is 0.136 e. The molecule has 1 saturated carbocycles. The van der Waals surface area contributed by atoms with Gasteiger partial charge in [-0.25, -0.2) is 0 Å². The average Bonchev–Trinajstić information content (AvgIpc) is 2.21. The second kappa shape index (κ2) is 6.18. The molecule has 14 heavy (non-hydrogen) atoms. The first-order chi connectivity index (χ1) is 6.77. The minimum atomic E-state index is 0.292. The molecular weight excluding hydrogens is 176 g/mol. The van der Waals surface area contributed by atoms with Gasteiger partial charge in [0, 0.05) is 25.6 Å². The third-order valence-electron chi connectivity index (χ3n) is 3.26. The molecule has 1 rings (SSSR count). The molecule has 1 aliphatic carbocycles. The molecule has 0 bridgehead atoms. The number of hydrogen-bond donors (Lipinski definition) is 0. The zero-order valence-corrected chi connectivity index (χ0v) is 9.42. The van der Waals surface area contributed by atoms with Crippen molar-refractivity contribution in [2.24, 2.45) is 11.8 Å². The van der Waals surface area contributed by atoms with Crippen LogP contribution in [0, 0.1) is 11.8 Å². The Morgan fingerprint density at radius 3 is 2.86 bits per heavy atom. The van der Waals surface area contributed by atoms with Crippen molar-refractivity contribution in [3.63, 3.8) is 0 Å². The Hall–Kier alpha value is -0.370. The Morgan fingerprint density at radius 2 is 2.21 bits per heavy atom. The molecule has 0 saturated heterocycles. The standard InChI is InChI=1S/C12H22O2/c1-3-10-5-6-12(13)11(9-10)7-8-14-4-2/h10-11H,3-9H2,1-2H3. The van der Waals surface area contributed by atoms with Gasteiger partial charge in [0.2, 0.25) is 0 Å². The largest absolute Gasteiger partial charge is 0.382 e. The van der Waals surface area contributed by atoms with Crippen molar-refractivity contribution in [2.75, 3.05) is 13.2 Å². The molecule has 0 aromatic rings. The predicted octanol–water partition coefficient (Wildman–Crippen LogP) is 2.81. The van der Waals surface area contributed by atoms with E-state index in [1.807, 2.05) is 6.92 Å². The van der Waals surface area contributed by atoms with Crippen LogP contribution < -0.4 is 0 Å². The van der Waals surface area contributed by atoms with Crippen molar-refractivity contribution in [3.8, 4) is 0 Å². The van der Waals surface area contributed by atoms with Crippen LogP contribution in [-0.2, 0) is 9.53 Å². The van der Waals surface area contributed by atoms with E-state index in [2.05, 4.69) is 6.92 Å². The Bertz CT molecular complexity index is 177. The minimum absolute atomic E-state index is 0.292. The summed E-state index contributed by atoms with van der Waals surface area (Å²) in [4.78, 5) is 11.6. The molecular formula is C12H22O2. The zero-order valence-electron chi connectivity index (χ0n) is 9.42. The number of ether oxygens (including phenoxy) is 1. The van der Waals surface area contributed by atoms with Crippen LogP contribution in [0.3, 0.4) is 0 Å². The van der Waals surface area contributed by atoms with Crippen LogP contribution in [0.1, 0.15) is 46.0 Å². The lowest BCUT2D eigenvalue weighted by Gasteiger charge is -2.27. The lowest BCUT2D eigenvalue weighted by atomic mass is 9.78. The number of Topliss-reactive ketones (excluding diaryl/α,β-unsaturated/α-hetero) is 1. The number of carbonyl (C=O) groups excluding carboxylic acids is 1. The second-order valence-corrected chi connectivity index (χ2v) is 4.20. The van der Waals surface area contributed by atoms with Crippen molar-refractivity contribution in [1.29, 1.82) is 0 Å². The molecule has 0 heterocycles. The molecule has 0 amide bonds. The fourth-order valence-corrected chi connectivity index (χ4v) is 2.22. The van der Waals surface area contributed by atoms with Crippen molar-refractivity contribution < 1.29 is 9.53 Å². The number of carbonyl (C=O) groups is 1. The van der Waals surface area contributed by atoms with Crippen LogP contribution in [0.25, 0.3) is 0 Å². The zero-order chi connectivity index (χ0) is 10.4. The van der Waals surface area contributed by atoms with Gasteiger partial charge in [0.1, 0.15) is 5.78 Å². The van der Waals surface area contributed by atoms with E-state index >= 15 is 0 Å². The Balaban J connectivity index is 2.29. The maximum absolute atomic E-state index is 11.6. The van der Waals surface area contributed by atoms with Crippen LogP contribution in [0.2, 0.25) is 0 Å². The molecule has 0 aromatic carbocycles. The first-order valence-corrected chi connectivity index (χ1v) is 5.88. The summed E-state index contributed by atoms with van der Waals surface area (Å²) in [6, 6.07) is 0. The summed E-state index contributed by atoms with van der Waals surface area (Å²) in [7, 11) is 0. The molecule has 82 valence electrons. The molecule has 2 unspecified atom stereocenters. The lowest BCUT2D eigenvalue weighted by Crippen LogP contribution is -2.25. The first-order valence-electron chi connectivity index (χ1n) is 5.88. The Morgan fingerprint density at radius 1 is 1.43 bits per heavy atom. The highest BCUT2D eigenvalue weighted by molar-refractivity contribution is 5.81. The lowest BCUT2D eigenvalue weighted by molar-refractivity contribution is -0.126. The van der Waals surface area contributed by atoms with Crippen molar-refractivity contribution >= 4 is 5.78 Å². The minimum Gasteiger partial charge on any atom is -0.382 e. The van der Waals surface area contributed by atoms with E-state index in [1.165, 1.54) is 6.42 Å². The molecule has 2 atom stereocenters. The van der Waals surface area contributed by atoms with Crippen LogP contribution in [0.5, 0.6) is 0 Å². The quantitative estimate of drug-likeness (QED) is 0.635. The van der Waals surface area contributed by atoms with Crippen molar-refractivity contribution in [1.82, 2.24) is 0 Å². The van der Waals surface area contributed by atoms with Crippen molar-refractivity contribution in [3.05, 3.63) is 0 Å². The van der Waals surface area contributed by atoms with E-state index in [1.54, 1.807) is 0 Å². The normalized spacial score (nSPS) is 28.0. The summed E-state index contributed by atoms with van der Waals surface area (Å²) in [5.74, 6) is 1.54. The number of ketones is 1. The molecule has 1 aliphatic rings. The number of hydrogen-bond acceptors (Lipinski definition) is 2. The fourth-order valence-electron chi connectivity index (χ4n) is 2.22.